The van der Waals surface area contributed by atoms with Crippen LogP contribution in [0.1, 0.15) is 66.2 Å². The smallest absolute Gasteiger partial charge is 0.261 e. The Labute approximate surface area is 170 Å². The first-order chi connectivity index (χ1) is 13.9. The Morgan fingerprint density at radius 2 is 1.83 bits per heavy atom. The molecule has 2 fully saturated rings. The van der Waals surface area contributed by atoms with Crippen LogP contribution in [0.4, 0.5) is 0 Å². The molecular weight excluding hydrogens is 370 g/mol. The Kier molecular flexibility index (Phi) is 5.39. The Balaban J connectivity index is 1.24. The fourth-order valence-electron chi connectivity index (χ4n) is 5.02. The molecule has 4 amide bonds. The molecule has 7 nitrogen and oxygen atoms in total. The van der Waals surface area contributed by atoms with Gasteiger partial charge in [-0.15, -0.1) is 0 Å². The molecular formula is C22H27N3O4. The zero-order valence-corrected chi connectivity index (χ0v) is 16.6. The van der Waals surface area contributed by atoms with E-state index < -0.39 is 0 Å². The predicted octanol–water partition coefficient (Wildman–Crippen LogP) is 1.87. The minimum atomic E-state index is -0.286. The second kappa shape index (κ2) is 7.97. The molecule has 2 aliphatic heterocycles. The second-order valence-corrected chi connectivity index (χ2v) is 8.51. The molecule has 1 saturated heterocycles. The molecule has 3 aliphatic rings. The minimum absolute atomic E-state index is 0.0636. The fraction of sp³-hybridized carbons (Fsp3) is 0.545. The van der Waals surface area contributed by atoms with Gasteiger partial charge >= 0.3 is 0 Å². The van der Waals surface area contributed by atoms with Crippen molar-refractivity contribution >= 4 is 23.6 Å². The Morgan fingerprint density at radius 1 is 1.14 bits per heavy atom. The third-order valence-corrected chi connectivity index (χ3v) is 6.52. The fourth-order valence-corrected chi connectivity index (χ4v) is 5.02. The molecule has 1 saturated carbocycles. The maximum Gasteiger partial charge on any atom is 0.261 e. The summed E-state index contributed by atoms with van der Waals surface area (Å²) in [6, 6.07) is 7.00. The normalized spacial score (nSPS) is 28.6. The van der Waals surface area contributed by atoms with Crippen molar-refractivity contribution in [2.45, 2.75) is 57.5 Å². The number of piperidine rings is 1. The van der Waals surface area contributed by atoms with E-state index in [-0.39, 0.29) is 48.7 Å². The van der Waals surface area contributed by atoms with Crippen molar-refractivity contribution in [2.24, 2.45) is 11.8 Å². The lowest BCUT2D eigenvalue weighted by atomic mass is 9.72. The van der Waals surface area contributed by atoms with Gasteiger partial charge in [-0.3, -0.25) is 24.1 Å². The van der Waals surface area contributed by atoms with E-state index in [1.54, 1.807) is 24.3 Å². The molecule has 4 unspecified atom stereocenters. The molecule has 29 heavy (non-hydrogen) atoms. The lowest BCUT2D eigenvalue weighted by molar-refractivity contribution is -0.127. The van der Waals surface area contributed by atoms with E-state index in [2.05, 4.69) is 17.6 Å². The highest BCUT2D eigenvalue weighted by molar-refractivity contribution is 6.21. The lowest BCUT2D eigenvalue weighted by Crippen LogP contribution is -2.54. The first-order valence-electron chi connectivity index (χ1n) is 10.5. The summed E-state index contributed by atoms with van der Waals surface area (Å²) in [4.78, 5) is 50.1. The molecule has 4 atom stereocenters. The predicted molar refractivity (Wildman–Crippen MR) is 106 cm³/mol. The number of hydrogen-bond acceptors (Lipinski definition) is 4. The van der Waals surface area contributed by atoms with Crippen molar-refractivity contribution in [3.63, 3.8) is 0 Å². The van der Waals surface area contributed by atoms with Gasteiger partial charge in [-0.2, -0.15) is 0 Å². The largest absolute Gasteiger partial charge is 0.353 e. The lowest BCUT2D eigenvalue weighted by Gasteiger charge is -2.43. The van der Waals surface area contributed by atoms with E-state index in [4.69, 9.17) is 0 Å². The quantitative estimate of drug-likeness (QED) is 0.742. The highest BCUT2D eigenvalue weighted by Crippen LogP contribution is 2.35. The molecule has 154 valence electrons. The van der Waals surface area contributed by atoms with E-state index in [0.717, 1.165) is 19.3 Å². The van der Waals surface area contributed by atoms with Gasteiger partial charge in [0, 0.05) is 31.5 Å². The number of benzene rings is 1. The number of nitrogens with zero attached hydrogens (tertiary/aromatic N) is 1. The van der Waals surface area contributed by atoms with Crippen molar-refractivity contribution in [3.8, 4) is 0 Å². The van der Waals surface area contributed by atoms with E-state index in [1.165, 1.54) is 4.90 Å². The summed E-state index contributed by atoms with van der Waals surface area (Å²) in [5.41, 5.74) is 0.866. The van der Waals surface area contributed by atoms with E-state index in [9.17, 15) is 19.2 Å². The molecule has 7 heteroatoms. The monoisotopic (exact) mass is 397 g/mol. The Bertz CT molecular complexity index is 817. The van der Waals surface area contributed by atoms with Crippen LogP contribution in [-0.4, -0.2) is 47.2 Å². The van der Waals surface area contributed by atoms with Gasteiger partial charge in [0.05, 0.1) is 11.1 Å². The average Bonchev–Trinajstić information content (AvgIpc) is 2.93. The number of amides is 4. The summed E-state index contributed by atoms with van der Waals surface area (Å²) >= 11 is 0. The van der Waals surface area contributed by atoms with Crippen molar-refractivity contribution in [2.75, 3.05) is 6.54 Å². The number of carbonyl (C=O) groups is 4. The number of carbonyl (C=O) groups excluding carboxylic acids is 4. The highest BCUT2D eigenvalue weighted by atomic mass is 16.2. The Morgan fingerprint density at radius 3 is 2.52 bits per heavy atom. The zero-order valence-electron chi connectivity index (χ0n) is 16.6. The summed E-state index contributed by atoms with van der Waals surface area (Å²) in [6.07, 6.45) is 3.99. The first kappa shape index (κ1) is 19.6. The van der Waals surface area contributed by atoms with Crippen molar-refractivity contribution in [1.29, 1.82) is 0 Å². The first-order valence-corrected chi connectivity index (χ1v) is 10.5. The Hall–Kier alpha value is -2.70. The number of rotatable bonds is 5. The molecule has 1 aliphatic carbocycles. The maximum atomic E-state index is 12.4. The number of fused-ring (bicyclic) bond motifs is 2. The topological polar surface area (TPSA) is 95.6 Å². The third kappa shape index (κ3) is 3.91. The van der Waals surface area contributed by atoms with Crippen LogP contribution in [0, 0.1) is 11.8 Å². The molecule has 0 aromatic heterocycles. The number of hydrogen-bond donors (Lipinski definition) is 2. The van der Waals surface area contributed by atoms with Crippen LogP contribution in [0.15, 0.2) is 24.3 Å². The van der Waals surface area contributed by atoms with Gasteiger partial charge in [-0.1, -0.05) is 19.1 Å². The molecule has 0 spiro atoms. The zero-order chi connectivity index (χ0) is 20.5. The van der Waals surface area contributed by atoms with E-state index in [0.29, 0.717) is 35.8 Å². The van der Waals surface area contributed by atoms with E-state index >= 15 is 0 Å². The van der Waals surface area contributed by atoms with Gasteiger partial charge in [0.2, 0.25) is 11.8 Å². The van der Waals surface area contributed by atoms with Crippen LogP contribution < -0.4 is 10.6 Å². The van der Waals surface area contributed by atoms with Gasteiger partial charge in [-0.25, -0.2) is 0 Å². The molecule has 1 aromatic carbocycles. The number of imide groups is 1. The van der Waals surface area contributed by atoms with Crippen molar-refractivity contribution < 1.29 is 19.2 Å². The summed E-state index contributed by atoms with van der Waals surface area (Å²) in [5.74, 6) is 0.352. The van der Waals surface area contributed by atoms with Crippen molar-refractivity contribution in [1.82, 2.24) is 15.5 Å². The van der Waals surface area contributed by atoms with Gasteiger partial charge in [-0.05, 0) is 49.7 Å². The molecule has 2 heterocycles. The van der Waals surface area contributed by atoms with Crippen LogP contribution >= 0.6 is 0 Å². The minimum Gasteiger partial charge on any atom is -0.353 e. The van der Waals surface area contributed by atoms with Crippen molar-refractivity contribution in [3.05, 3.63) is 35.4 Å². The summed E-state index contributed by atoms with van der Waals surface area (Å²) in [7, 11) is 0. The molecule has 0 bridgehead atoms. The van der Waals surface area contributed by atoms with Crippen LogP contribution in [0.25, 0.3) is 0 Å². The van der Waals surface area contributed by atoms with E-state index in [1.807, 2.05) is 0 Å². The molecule has 4 rings (SSSR count). The second-order valence-electron chi connectivity index (χ2n) is 8.51. The summed E-state index contributed by atoms with van der Waals surface area (Å²) in [6.45, 7) is 2.37. The SMILES string of the molecule is CC1CC(=O)NC2CC(NC(=O)CCCN3C(=O)c4ccccc4C3=O)CCC12. The summed E-state index contributed by atoms with van der Waals surface area (Å²) < 4.78 is 0. The summed E-state index contributed by atoms with van der Waals surface area (Å²) in [5, 5.41) is 6.15. The van der Waals surface area contributed by atoms with Gasteiger partial charge < -0.3 is 10.6 Å². The maximum absolute atomic E-state index is 12.4. The van der Waals surface area contributed by atoms with Crippen LogP contribution in [-0.2, 0) is 9.59 Å². The number of nitrogens with one attached hydrogen (secondary N) is 2. The van der Waals surface area contributed by atoms with Crippen LogP contribution in [0.3, 0.4) is 0 Å². The molecule has 2 N–H and O–H groups in total. The standard InChI is InChI=1S/C22H27N3O4/c1-13-11-20(27)24-18-12-14(8-9-15(13)18)23-19(26)7-4-10-25-21(28)16-5-2-3-6-17(16)22(25)29/h2-3,5-6,13-15,18H,4,7-12H2,1H3,(H,23,26)(H,24,27). The van der Waals surface area contributed by atoms with Crippen LogP contribution in [0.2, 0.25) is 0 Å². The van der Waals surface area contributed by atoms with Crippen LogP contribution in [0.5, 0.6) is 0 Å². The molecule has 1 aromatic rings. The van der Waals surface area contributed by atoms with Gasteiger partial charge in [0.25, 0.3) is 11.8 Å². The average molecular weight is 397 g/mol. The highest BCUT2D eigenvalue weighted by Gasteiger charge is 2.39. The van der Waals surface area contributed by atoms with Gasteiger partial charge in [0.1, 0.15) is 0 Å². The third-order valence-electron chi connectivity index (χ3n) is 6.52. The molecule has 0 radical (unpaired) electrons. The van der Waals surface area contributed by atoms with Gasteiger partial charge in [0.15, 0.2) is 0 Å².